The highest BCUT2D eigenvalue weighted by Crippen LogP contribution is 2.20. The molecule has 5 nitrogen and oxygen atoms in total. The Bertz CT molecular complexity index is 541. The van der Waals surface area contributed by atoms with Gasteiger partial charge in [0.05, 0.1) is 12.5 Å². The summed E-state index contributed by atoms with van der Waals surface area (Å²) in [5, 5.41) is 7.93. The summed E-state index contributed by atoms with van der Waals surface area (Å²) in [7, 11) is 0. The molecule has 0 saturated carbocycles. The fourth-order valence-corrected chi connectivity index (χ4v) is 3.68. The van der Waals surface area contributed by atoms with E-state index in [-0.39, 0.29) is 24.3 Å². The highest BCUT2D eigenvalue weighted by Gasteiger charge is 2.30. The predicted molar refractivity (Wildman–Crippen MR) is 89.2 cm³/mol. The van der Waals surface area contributed by atoms with Crippen molar-refractivity contribution < 1.29 is 9.59 Å². The second kappa shape index (κ2) is 7.74. The quantitative estimate of drug-likeness (QED) is 0.828. The first-order valence-corrected chi connectivity index (χ1v) is 8.73. The molecular formula is C16H25N3O2S. The number of nitrogens with one attached hydrogen (secondary N) is 2. The summed E-state index contributed by atoms with van der Waals surface area (Å²) in [6.45, 7) is 9.15. The minimum absolute atomic E-state index is 0.0347. The molecule has 2 N–H and O–H groups in total. The van der Waals surface area contributed by atoms with Crippen molar-refractivity contribution >= 4 is 23.2 Å². The van der Waals surface area contributed by atoms with Crippen molar-refractivity contribution in [3.8, 4) is 0 Å². The molecule has 0 spiro atoms. The zero-order valence-electron chi connectivity index (χ0n) is 13.6. The lowest BCUT2D eigenvalue weighted by Crippen LogP contribution is -2.56. The molecule has 0 aromatic carbocycles. The van der Waals surface area contributed by atoms with Crippen LogP contribution >= 0.6 is 11.3 Å². The summed E-state index contributed by atoms with van der Waals surface area (Å²) in [6.07, 6.45) is 1.08. The first-order valence-electron chi connectivity index (χ1n) is 7.85. The summed E-state index contributed by atoms with van der Waals surface area (Å²) in [4.78, 5) is 27.4. The van der Waals surface area contributed by atoms with Gasteiger partial charge in [-0.25, -0.2) is 0 Å². The van der Waals surface area contributed by atoms with E-state index in [0.717, 1.165) is 19.5 Å². The number of thiophene rings is 1. The number of hydrogen-bond donors (Lipinski definition) is 2. The number of carbonyl (C=O) groups excluding carboxylic acids is 2. The van der Waals surface area contributed by atoms with Crippen molar-refractivity contribution in [2.24, 2.45) is 0 Å². The van der Waals surface area contributed by atoms with E-state index in [1.165, 1.54) is 16.0 Å². The van der Waals surface area contributed by atoms with Crippen LogP contribution in [0.5, 0.6) is 0 Å². The largest absolute Gasteiger partial charge is 0.356 e. The average molecular weight is 323 g/mol. The molecule has 2 rings (SSSR count). The van der Waals surface area contributed by atoms with Gasteiger partial charge in [0, 0.05) is 24.5 Å². The van der Waals surface area contributed by atoms with Crippen LogP contribution in [-0.4, -0.2) is 48.9 Å². The molecule has 0 bridgehead atoms. The first kappa shape index (κ1) is 17.0. The number of hydrogen-bond acceptors (Lipinski definition) is 4. The summed E-state index contributed by atoms with van der Waals surface area (Å²) in [5.41, 5.74) is 2.62. The van der Waals surface area contributed by atoms with E-state index in [1.54, 1.807) is 11.3 Å². The fourth-order valence-electron chi connectivity index (χ4n) is 2.76. The number of piperazine rings is 1. The van der Waals surface area contributed by atoms with Crippen molar-refractivity contribution in [1.82, 2.24) is 15.5 Å². The third-order valence-corrected chi connectivity index (χ3v) is 5.39. The number of nitrogens with zero attached hydrogens (tertiary/aromatic N) is 1. The summed E-state index contributed by atoms with van der Waals surface area (Å²) in [5.74, 6) is -0.0855. The van der Waals surface area contributed by atoms with Gasteiger partial charge in [0.2, 0.25) is 11.8 Å². The molecule has 0 radical (unpaired) electrons. The normalized spacial score (nSPS) is 19.0. The maximum absolute atomic E-state index is 12.1. The lowest BCUT2D eigenvalue weighted by Gasteiger charge is -2.33. The van der Waals surface area contributed by atoms with Crippen LogP contribution in [0.15, 0.2) is 5.38 Å². The lowest BCUT2D eigenvalue weighted by molar-refractivity contribution is -0.133. The van der Waals surface area contributed by atoms with Crippen LogP contribution in [0.4, 0.5) is 0 Å². The van der Waals surface area contributed by atoms with Gasteiger partial charge in [-0.1, -0.05) is 6.92 Å². The zero-order valence-corrected chi connectivity index (χ0v) is 14.4. The summed E-state index contributed by atoms with van der Waals surface area (Å²) < 4.78 is 0. The highest BCUT2D eigenvalue weighted by molar-refractivity contribution is 7.10. The maximum Gasteiger partial charge on any atom is 0.237 e. The molecule has 0 unspecified atom stereocenters. The van der Waals surface area contributed by atoms with Crippen molar-refractivity contribution in [1.29, 1.82) is 0 Å². The van der Waals surface area contributed by atoms with Crippen LogP contribution in [-0.2, 0) is 16.0 Å². The van der Waals surface area contributed by atoms with E-state index in [1.807, 2.05) is 6.92 Å². The number of rotatable bonds is 6. The van der Waals surface area contributed by atoms with Crippen LogP contribution in [0, 0.1) is 13.8 Å². The Hall–Kier alpha value is -1.40. The average Bonchev–Trinajstić information content (AvgIpc) is 2.81. The van der Waals surface area contributed by atoms with Gasteiger partial charge in [-0.05, 0) is 43.3 Å². The Labute approximate surface area is 136 Å². The molecule has 22 heavy (non-hydrogen) atoms. The predicted octanol–water partition coefficient (Wildman–Crippen LogP) is 1.23. The van der Waals surface area contributed by atoms with Gasteiger partial charge in [0.15, 0.2) is 0 Å². The Morgan fingerprint density at radius 2 is 2.27 bits per heavy atom. The van der Waals surface area contributed by atoms with Gasteiger partial charge < -0.3 is 10.6 Å². The Balaban J connectivity index is 1.79. The van der Waals surface area contributed by atoms with Gasteiger partial charge in [0.25, 0.3) is 0 Å². The summed E-state index contributed by atoms with van der Waals surface area (Å²) in [6, 6.07) is -0.330. The second-order valence-corrected chi connectivity index (χ2v) is 6.77. The second-order valence-electron chi connectivity index (χ2n) is 5.68. The molecule has 1 fully saturated rings. The monoisotopic (exact) mass is 323 g/mol. The van der Waals surface area contributed by atoms with Crippen molar-refractivity contribution in [3.63, 3.8) is 0 Å². The smallest absolute Gasteiger partial charge is 0.237 e. The molecular weight excluding hydrogens is 298 g/mol. The van der Waals surface area contributed by atoms with E-state index in [9.17, 15) is 9.59 Å². The first-order chi connectivity index (χ1) is 10.5. The number of aryl methyl sites for hydroxylation is 1. The molecule has 1 saturated heterocycles. The molecule has 1 aromatic rings. The van der Waals surface area contributed by atoms with Crippen molar-refractivity contribution in [2.45, 2.75) is 39.7 Å². The molecule has 122 valence electrons. The molecule has 0 aliphatic carbocycles. The Kier molecular flexibility index (Phi) is 5.97. The third kappa shape index (κ3) is 4.08. The van der Waals surface area contributed by atoms with E-state index in [4.69, 9.17) is 0 Å². The molecule has 1 aromatic heterocycles. The molecule has 6 heteroatoms. The maximum atomic E-state index is 12.1. The van der Waals surface area contributed by atoms with Gasteiger partial charge in [0.1, 0.15) is 0 Å². The Morgan fingerprint density at radius 1 is 1.50 bits per heavy atom. The van der Waals surface area contributed by atoms with Crippen molar-refractivity contribution in [3.05, 3.63) is 21.4 Å². The van der Waals surface area contributed by atoms with Crippen LogP contribution in [0.25, 0.3) is 0 Å². The lowest BCUT2D eigenvalue weighted by atomic mass is 10.1. The van der Waals surface area contributed by atoms with Crippen LogP contribution in [0.1, 0.15) is 29.3 Å². The standard InChI is InChI=1S/C16H25N3O2S/c1-4-19-8-7-18-16(21)14(19)9-15(20)17-6-5-13-10-22-12(3)11(13)2/h10,14H,4-9H2,1-3H3,(H,17,20)(H,18,21)/t14-/m0/s1. The van der Waals surface area contributed by atoms with Crippen LogP contribution in [0.2, 0.25) is 0 Å². The molecule has 1 atom stereocenters. The fraction of sp³-hybridized carbons (Fsp3) is 0.625. The topological polar surface area (TPSA) is 61.4 Å². The third-order valence-electron chi connectivity index (χ3n) is 4.33. The number of carbonyl (C=O) groups is 2. The molecule has 2 amide bonds. The van der Waals surface area contributed by atoms with E-state index < -0.39 is 0 Å². The van der Waals surface area contributed by atoms with Gasteiger partial charge in [-0.2, -0.15) is 0 Å². The summed E-state index contributed by atoms with van der Waals surface area (Å²) >= 11 is 1.75. The minimum atomic E-state index is -0.330. The molecule has 1 aliphatic heterocycles. The molecule has 2 heterocycles. The minimum Gasteiger partial charge on any atom is -0.356 e. The molecule has 1 aliphatic rings. The Morgan fingerprint density at radius 3 is 2.91 bits per heavy atom. The van der Waals surface area contributed by atoms with Crippen LogP contribution in [0.3, 0.4) is 0 Å². The SMILES string of the molecule is CCN1CCNC(=O)[C@@H]1CC(=O)NCCc1csc(C)c1C. The van der Waals surface area contributed by atoms with Crippen LogP contribution < -0.4 is 10.6 Å². The van der Waals surface area contributed by atoms with Gasteiger partial charge in [-0.3, -0.25) is 14.5 Å². The van der Waals surface area contributed by atoms with Gasteiger partial charge >= 0.3 is 0 Å². The van der Waals surface area contributed by atoms with E-state index >= 15 is 0 Å². The van der Waals surface area contributed by atoms with Gasteiger partial charge in [-0.15, -0.1) is 11.3 Å². The highest BCUT2D eigenvalue weighted by atomic mass is 32.1. The van der Waals surface area contributed by atoms with Crippen molar-refractivity contribution in [2.75, 3.05) is 26.2 Å². The number of amides is 2. The zero-order chi connectivity index (χ0) is 16.1. The van der Waals surface area contributed by atoms with E-state index in [2.05, 4.69) is 34.8 Å². The van der Waals surface area contributed by atoms with E-state index in [0.29, 0.717) is 13.1 Å². The number of likely N-dealkylation sites (N-methyl/N-ethyl adjacent to an activating group) is 1.